The molecule has 0 radical (unpaired) electrons. The van der Waals surface area contributed by atoms with Gasteiger partial charge in [-0.1, -0.05) is 17.3 Å². The molecule has 2 rings (SSSR count). The van der Waals surface area contributed by atoms with Gasteiger partial charge in [-0.3, -0.25) is 4.79 Å². The van der Waals surface area contributed by atoms with Crippen molar-refractivity contribution in [1.29, 1.82) is 0 Å². The molecule has 0 saturated carbocycles. The van der Waals surface area contributed by atoms with Gasteiger partial charge in [0.25, 0.3) is 5.56 Å². The minimum Gasteiger partial charge on any atom is -0.330 e. The van der Waals surface area contributed by atoms with Crippen LogP contribution in [0, 0.1) is 0 Å². The van der Waals surface area contributed by atoms with Crippen LogP contribution < -0.4 is 11.3 Å². The van der Waals surface area contributed by atoms with Crippen molar-refractivity contribution in [2.24, 2.45) is 5.73 Å². The molecule has 0 aliphatic carbocycles. The van der Waals surface area contributed by atoms with Crippen LogP contribution in [-0.4, -0.2) is 27.3 Å². The molecule has 0 unspecified atom stereocenters. The van der Waals surface area contributed by atoms with Gasteiger partial charge in [0.15, 0.2) is 0 Å². The van der Waals surface area contributed by atoms with Crippen molar-refractivity contribution in [2.75, 3.05) is 12.3 Å². The molecule has 0 amide bonds. The number of nitrogens with zero attached hydrogens (tertiary/aromatic N) is 3. The largest absolute Gasteiger partial charge is 0.330 e. The van der Waals surface area contributed by atoms with Gasteiger partial charge in [-0.15, -0.1) is 16.9 Å². The van der Waals surface area contributed by atoms with Gasteiger partial charge in [-0.2, -0.15) is 0 Å². The predicted octanol–water partition coefficient (Wildman–Crippen LogP) is 0.441. The number of fused-ring (bicyclic) bond motifs is 1. The maximum Gasteiger partial charge on any atom is 0.278 e. The van der Waals surface area contributed by atoms with Crippen molar-refractivity contribution < 1.29 is 0 Å². The fourth-order valence-electron chi connectivity index (χ4n) is 1.34. The molecular formula is C10H12N4OS. The highest BCUT2D eigenvalue weighted by Crippen LogP contribution is 2.05. The molecule has 1 heterocycles. The van der Waals surface area contributed by atoms with Crippen molar-refractivity contribution in [3.8, 4) is 0 Å². The summed E-state index contributed by atoms with van der Waals surface area (Å²) in [6.07, 6.45) is 0. The normalized spacial score (nSPS) is 10.8. The van der Waals surface area contributed by atoms with Crippen LogP contribution in [-0.2, 0) is 5.88 Å². The van der Waals surface area contributed by atoms with Crippen LogP contribution in [0.15, 0.2) is 29.1 Å². The number of hydrogen-bond acceptors (Lipinski definition) is 5. The Morgan fingerprint density at radius 1 is 1.38 bits per heavy atom. The van der Waals surface area contributed by atoms with Gasteiger partial charge in [0, 0.05) is 12.3 Å². The number of nitrogens with two attached hydrogens (primary N) is 1. The van der Waals surface area contributed by atoms with E-state index >= 15 is 0 Å². The lowest BCUT2D eigenvalue weighted by Gasteiger charge is -2.03. The quantitative estimate of drug-likeness (QED) is 0.780. The van der Waals surface area contributed by atoms with Gasteiger partial charge < -0.3 is 5.73 Å². The van der Waals surface area contributed by atoms with Crippen LogP contribution in [0.25, 0.3) is 10.9 Å². The van der Waals surface area contributed by atoms with E-state index in [1.807, 2.05) is 12.1 Å². The highest BCUT2D eigenvalue weighted by Gasteiger charge is 2.03. The predicted molar refractivity (Wildman–Crippen MR) is 65.3 cm³/mol. The van der Waals surface area contributed by atoms with E-state index in [0.717, 1.165) is 5.75 Å². The first-order valence-electron chi connectivity index (χ1n) is 4.93. The molecule has 0 bridgehead atoms. The van der Waals surface area contributed by atoms with Gasteiger partial charge in [0.1, 0.15) is 5.52 Å². The van der Waals surface area contributed by atoms with Gasteiger partial charge >= 0.3 is 0 Å². The molecule has 1 aromatic carbocycles. The van der Waals surface area contributed by atoms with Crippen molar-refractivity contribution in [3.05, 3.63) is 34.6 Å². The Balaban J connectivity index is 2.33. The average molecular weight is 236 g/mol. The lowest BCUT2D eigenvalue weighted by molar-refractivity contribution is 0.645. The van der Waals surface area contributed by atoms with Gasteiger partial charge in [0.05, 0.1) is 11.3 Å². The molecule has 6 heteroatoms. The zero-order valence-electron chi connectivity index (χ0n) is 8.67. The molecule has 2 aromatic rings. The maximum absolute atomic E-state index is 11.9. The van der Waals surface area contributed by atoms with Crippen molar-refractivity contribution in [3.63, 3.8) is 0 Å². The zero-order chi connectivity index (χ0) is 11.4. The lowest BCUT2D eigenvalue weighted by Crippen LogP contribution is -2.23. The Morgan fingerprint density at radius 2 is 2.19 bits per heavy atom. The molecule has 84 valence electrons. The number of thioether (sulfide) groups is 1. The van der Waals surface area contributed by atoms with E-state index in [1.165, 1.54) is 4.68 Å². The second kappa shape index (κ2) is 5.09. The van der Waals surface area contributed by atoms with Crippen molar-refractivity contribution >= 4 is 22.7 Å². The SMILES string of the molecule is NCCSCn1nnc2ccccc2c1=O. The molecule has 0 fully saturated rings. The lowest BCUT2D eigenvalue weighted by atomic mass is 10.2. The average Bonchev–Trinajstić information content (AvgIpc) is 2.33. The Morgan fingerprint density at radius 3 is 3.00 bits per heavy atom. The van der Waals surface area contributed by atoms with Crippen LogP contribution in [0.1, 0.15) is 0 Å². The fourth-order valence-corrected chi connectivity index (χ4v) is 1.98. The Hall–Kier alpha value is -1.40. The Bertz CT molecular complexity index is 540. The first-order chi connectivity index (χ1) is 7.83. The van der Waals surface area contributed by atoms with E-state index in [0.29, 0.717) is 23.3 Å². The fraction of sp³-hybridized carbons (Fsp3) is 0.300. The monoisotopic (exact) mass is 236 g/mol. The second-order valence-electron chi connectivity index (χ2n) is 3.24. The standard InChI is InChI=1S/C10H12N4OS/c11-5-6-16-7-14-10(15)8-3-1-2-4-9(8)12-13-14/h1-4H,5-7,11H2. The van der Waals surface area contributed by atoms with E-state index in [4.69, 9.17) is 5.73 Å². The number of hydrogen-bond donors (Lipinski definition) is 1. The molecule has 5 nitrogen and oxygen atoms in total. The molecule has 2 N–H and O–H groups in total. The minimum absolute atomic E-state index is 0.102. The second-order valence-corrected chi connectivity index (χ2v) is 4.31. The van der Waals surface area contributed by atoms with Crippen LogP contribution in [0.4, 0.5) is 0 Å². The third-order valence-corrected chi connectivity index (χ3v) is 3.06. The third kappa shape index (κ3) is 2.23. The molecule has 0 aliphatic rings. The van der Waals surface area contributed by atoms with E-state index in [-0.39, 0.29) is 5.56 Å². The van der Waals surface area contributed by atoms with Crippen LogP contribution in [0.5, 0.6) is 0 Å². The molecule has 0 spiro atoms. The summed E-state index contributed by atoms with van der Waals surface area (Å²) in [4.78, 5) is 11.9. The summed E-state index contributed by atoms with van der Waals surface area (Å²) in [7, 11) is 0. The van der Waals surface area contributed by atoms with E-state index in [2.05, 4.69) is 10.3 Å². The van der Waals surface area contributed by atoms with Gasteiger partial charge in [-0.05, 0) is 12.1 Å². The molecule has 0 atom stereocenters. The third-order valence-electron chi connectivity index (χ3n) is 2.11. The van der Waals surface area contributed by atoms with Crippen LogP contribution in [0.3, 0.4) is 0 Å². The molecule has 0 aliphatic heterocycles. The molecule has 1 aromatic heterocycles. The number of benzene rings is 1. The summed E-state index contributed by atoms with van der Waals surface area (Å²) >= 11 is 1.56. The Kier molecular flexibility index (Phi) is 3.53. The molecular weight excluding hydrogens is 224 g/mol. The van der Waals surface area contributed by atoms with Crippen LogP contribution in [0.2, 0.25) is 0 Å². The summed E-state index contributed by atoms with van der Waals surface area (Å²) in [5, 5.41) is 8.46. The molecule has 16 heavy (non-hydrogen) atoms. The highest BCUT2D eigenvalue weighted by molar-refractivity contribution is 7.98. The zero-order valence-corrected chi connectivity index (χ0v) is 9.48. The van der Waals surface area contributed by atoms with Crippen molar-refractivity contribution in [2.45, 2.75) is 5.88 Å². The minimum atomic E-state index is -0.102. The van der Waals surface area contributed by atoms with E-state index in [1.54, 1.807) is 23.9 Å². The highest BCUT2D eigenvalue weighted by atomic mass is 32.2. The van der Waals surface area contributed by atoms with Crippen LogP contribution >= 0.6 is 11.8 Å². The van der Waals surface area contributed by atoms with Gasteiger partial charge in [0.2, 0.25) is 0 Å². The first-order valence-corrected chi connectivity index (χ1v) is 6.09. The van der Waals surface area contributed by atoms with Crippen molar-refractivity contribution in [1.82, 2.24) is 15.0 Å². The summed E-state index contributed by atoms with van der Waals surface area (Å²) in [6.45, 7) is 0.598. The smallest absolute Gasteiger partial charge is 0.278 e. The summed E-state index contributed by atoms with van der Waals surface area (Å²) in [5.41, 5.74) is 5.91. The first kappa shape index (κ1) is 11.1. The summed E-state index contributed by atoms with van der Waals surface area (Å²) in [6, 6.07) is 7.20. The van der Waals surface area contributed by atoms with E-state index in [9.17, 15) is 4.79 Å². The summed E-state index contributed by atoms with van der Waals surface area (Å²) in [5.74, 6) is 1.30. The Labute approximate surface area is 96.6 Å². The molecule has 0 saturated heterocycles. The summed E-state index contributed by atoms with van der Waals surface area (Å²) < 4.78 is 1.36. The van der Waals surface area contributed by atoms with Gasteiger partial charge in [-0.25, -0.2) is 4.68 Å². The topological polar surface area (TPSA) is 73.8 Å². The number of aromatic nitrogens is 3. The number of rotatable bonds is 4. The van der Waals surface area contributed by atoms with E-state index < -0.39 is 0 Å². The maximum atomic E-state index is 11.9.